The summed E-state index contributed by atoms with van der Waals surface area (Å²) in [7, 11) is 0. The van der Waals surface area contributed by atoms with Gasteiger partial charge in [0.05, 0.1) is 19.7 Å². The van der Waals surface area contributed by atoms with Crippen molar-refractivity contribution in [3.8, 4) is 10.7 Å². The highest BCUT2D eigenvalue weighted by Gasteiger charge is 2.07. The summed E-state index contributed by atoms with van der Waals surface area (Å²) in [5, 5.41) is 0. The summed E-state index contributed by atoms with van der Waals surface area (Å²) < 4.78 is 1.10. The predicted octanol–water partition coefficient (Wildman–Crippen LogP) is 3.64. The van der Waals surface area contributed by atoms with Gasteiger partial charge in [-0.2, -0.15) is 0 Å². The van der Waals surface area contributed by atoms with Gasteiger partial charge in [0, 0.05) is 5.69 Å². The number of anilines is 1. The normalized spacial score (nSPS) is 11.1. The number of halogens is 1. The van der Waals surface area contributed by atoms with E-state index in [1.165, 1.54) is 0 Å². The molecule has 0 spiro atoms. The van der Waals surface area contributed by atoms with Crippen molar-refractivity contribution >= 4 is 44.0 Å². The van der Waals surface area contributed by atoms with Gasteiger partial charge in [-0.3, -0.25) is 0 Å². The van der Waals surface area contributed by atoms with Gasteiger partial charge in [0.15, 0.2) is 0 Å². The van der Waals surface area contributed by atoms with Crippen LogP contribution in [0.15, 0.2) is 34.1 Å². The molecule has 1 aromatic carbocycles. The van der Waals surface area contributed by atoms with Crippen molar-refractivity contribution in [2.75, 3.05) is 5.73 Å². The molecule has 0 aliphatic rings. The molecule has 0 fully saturated rings. The van der Waals surface area contributed by atoms with Gasteiger partial charge in [0.2, 0.25) is 0 Å². The minimum Gasteiger partial charge on any atom is -0.399 e. The van der Waals surface area contributed by atoms with Crippen molar-refractivity contribution in [1.29, 1.82) is 0 Å². The minimum absolute atomic E-state index is 0.745. The summed E-state index contributed by atoms with van der Waals surface area (Å²) in [6, 6.07) is 9.73. The van der Waals surface area contributed by atoms with E-state index in [4.69, 9.17) is 5.73 Å². The topological polar surface area (TPSA) is 54.7 Å². The number of aromatic amines is 1. The smallest absolute Gasteiger partial charge is 0.148 e. The Bertz CT molecular complexity index is 656. The number of hydrogen-bond acceptors (Lipinski definition) is 3. The maximum absolute atomic E-state index is 5.72. The number of nitrogens with zero attached hydrogens (tertiary/aromatic N) is 1. The van der Waals surface area contributed by atoms with Gasteiger partial charge in [-0.25, -0.2) is 4.98 Å². The highest BCUT2D eigenvalue weighted by molar-refractivity contribution is 9.11. The van der Waals surface area contributed by atoms with E-state index in [9.17, 15) is 0 Å². The predicted molar refractivity (Wildman–Crippen MR) is 71.5 cm³/mol. The first-order valence-electron chi connectivity index (χ1n) is 4.73. The van der Waals surface area contributed by atoms with Crippen molar-refractivity contribution in [3.63, 3.8) is 0 Å². The Morgan fingerprint density at radius 2 is 2.12 bits per heavy atom. The molecule has 0 atom stereocenters. The van der Waals surface area contributed by atoms with Crippen LogP contribution in [0.4, 0.5) is 5.69 Å². The van der Waals surface area contributed by atoms with Gasteiger partial charge < -0.3 is 10.7 Å². The Morgan fingerprint density at radius 3 is 2.88 bits per heavy atom. The molecule has 0 saturated heterocycles. The number of imidazole rings is 1. The summed E-state index contributed by atoms with van der Waals surface area (Å²) in [6.07, 6.45) is 0. The molecule has 5 heteroatoms. The Labute approximate surface area is 104 Å². The van der Waals surface area contributed by atoms with Crippen LogP contribution >= 0.6 is 27.3 Å². The van der Waals surface area contributed by atoms with Gasteiger partial charge in [-0.15, -0.1) is 11.3 Å². The van der Waals surface area contributed by atoms with Gasteiger partial charge >= 0.3 is 0 Å². The Balaban J connectivity index is 2.18. The molecular weight excluding hydrogens is 286 g/mol. The Morgan fingerprint density at radius 1 is 1.25 bits per heavy atom. The number of nitrogen functional groups attached to an aromatic ring is 1. The lowest BCUT2D eigenvalue weighted by Gasteiger charge is -1.89. The van der Waals surface area contributed by atoms with Crippen LogP contribution in [0, 0.1) is 0 Å². The molecule has 0 saturated carbocycles. The van der Waals surface area contributed by atoms with Crippen LogP contribution in [0.3, 0.4) is 0 Å². The van der Waals surface area contributed by atoms with Gasteiger partial charge in [-0.1, -0.05) is 0 Å². The standard InChI is InChI=1S/C11H8BrN3S/c12-10-4-3-9(16-10)11-14-7-2-1-6(13)5-8(7)15-11/h1-5H,13H2,(H,14,15). The summed E-state index contributed by atoms with van der Waals surface area (Å²) in [4.78, 5) is 8.89. The van der Waals surface area contributed by atoms with Crippen LogP contribution in [0.2, 0.25) is 0 Å². The average Bonchev–Trinajstić information content (AvgIpc) is 2.83. The molecule has 16 heavy (non-hydrogen) atoms. The maximum Gasteiger partial charge on any atom is 0.148 e. The largest absolute Gasteiger partial charge is 0.399 e. The number of fused-ring (bicyclic) bond motifs is 1. The van der Waals surface area contributed by atoms with E-state index in [1.807, 2.05) is 30.3 Å². The van der Waals surface area contributed by atoms with Gasteiger partial charge in [-0.05, 0) is 46.3 Å². The lowest BCUT2D eigenvalue weighted by Crippen LogP contribution is -1.82. The van der Waals surface area contributed by atoms with Crippen LogP contribution in [-0.2, 0) is 0 Å². The molecule has 0 radical (unpaired) electrons. The quantitative estimate of drug-likeness (QED) is 0.673. The molecule has 0 amide bonds. The fraction of sp³-hybridized carbons (Fsp3) is 0. The monoisotopic (exact) mass is 293 g/mol. The first-order chi connectivity index (χ1) is 7.72. The lowest BCUT2D eigenvalue weighted by molar-refractivity contribution is 1.36. The fourth-order valence-electron chi connectivity index (χ4n) is 1.59. The zero-order valence-electron chi connectivity index (χ0n) is 8.20. The molecule has 3 aromatic rings. The summed E-state index contributed by atoms with van der Waals surface area (Å²) in [5.74, 6) is 0.885. The first kappa shape index (κ1) is 9.86. The number of aromatic nitrogens is 2. The maximum atomic E-state index is 5.72. The minimum atomic E-state index is 0.745. The van der Waals surface area contributed by atoms with E-state index in [2.05, 4.69) is 25.9 Å². The molecule has 0 aliphatic heterocycles. The summed E-state index contributed by atoms with van der Waals surface area (Å²) in [5.41, 5.74) is 8.38. The fourth-order valence-corrected chi connectivity index (χ4v) is 2.92. The molecule has 80 valence electrons. The van der Waals surface area contributed by atoms with Crippen LogP contribution in [0.1, 0.15) is 0 Å². The molecule has 3 N–H and O–H groups in total. The number of benzene rings is 1. The second-order valence-corrected chi connectivity index (χ2v) is 5.93. The van der Waals surface area contributed by atoms with Gasteiger partial charge in [0.25, 0.3) is 0 Å². The number of nitrogens with two attached hydrogens (primary N) is 1. The molecule has 3 rings (SSSR count). The van der Waals surface area contributed by atoms with E-state index in [-0.39, 0.29) is 0 Å². The highest BCUT2D eigenvalue weighted by Crippen LogP contribution is 2.30. The van der Waals surface area contributed by atoms with E-state index in [0.29, 0.717) is 0 Å². The Kier molecular flexibility index (Phi) is 2.22. The number of thiophene rings is 1. The van der Waals surface area contributed by atoms with Crippen molar-refractivity contribution in [3.05, 3.63) is 34.1 Å². The van der Waals surface area contributed by atoms with Crippen molar-refractivity contribution in [1.82, 2.24) is 9.97 Å². The number of rotatable bonds is 1. The third-order valence-electron chi connectivity index (χ3n) is 2.31. The van der Waals surface area contributed by atoms with E-state index >= 15 is 0 Å². The van der Waals surface area contributed by atoms with Crippen LogP contribution in [0.5, 0.6) is 0 Å². The van der Waals surface area contributed by atoms with Crippen LogP contribution < -0.4 is 5.73 Å². The molecule has 2 heterocycles. The number of hydrogen-bond donors (Lipinski definition) is 2. The zero-order chi connectivity index (χ0) is 11.1. The van der Waals surface area contributed by atoms with Crippen LogP contribution in [0.25, 0.3) is 21.7 Å². The Hall–Kier alpha value is -1.33. The second-order valence-electron chi connectivity index (χ2n) is 3.47. The van der Waals surface area contributed by atoms with E-state index in [1.54, 1.807) is 11.3 Å². The summed E-state index contributed by atoms with van der Waals surface area (Å²) in [6.45, 7) is 0. The molecule has 2 aromatic heterocycles. The lowest BCUT2D eigenvalue weighted by atomic mass is 10.3. The second kappa shape index (κ2) is 3.61. The summed E-state index contributed by atoms with van der Waals surface area (Å²) >= 11 is 5.09. The average molecular weight is 294 g/mol. The van der Waals surface area contributed by atoms with Crippen LogP contribution in [-0.4, -0.2) is 9.97 Å². The molecule has 0 aliphatic carbocycles. The third kappa shape index (κ3) is 1.62. The van der Waals surface area contributed by atoms with Crippen molar-refractivity contribution in [2.45, 2.75) is 0 Å². The van der Waals surface area contributed by atoms with Crippen molar-refractivity contribution < 1.29 is 0 Å². The number of nitrogens with one attached hydrogen (secondary N) is 1. The zero-order valence-corrected chi connectivity index (χ0v) is 10.6. The molecule has 3 nitrogen and oxygen atoms in total. The SMILES string of the molecule is Nc1ccc2nc(-c3ccc(Br)s3)[nH]c2c1. The van der Waals surface area contributed by atoms with Gasteiger partial charge in [0.1, 0.15) is 5.82 Å². The molecular formula is C11H8BrN3S. The number of H-pyrrole nitrogens is 1. The third-order valence-corrected chi connectivity index (χ3v) is 3.94. The van der Waals surface area contributed by atoms with Crippen molar-refractivity contribution in [2.24, 2.45) is 0 Å². The van der Waals surface area contributed by atoms with E-state index < -0.39 is 0 Å². The molecule has 0 unspecified atom stereocenters. The highest BCUT2D eigenvalue weighted by atomic mass is 79.9. The van der Waals surface area contributed by atoms with E-state index in [0.717, 1.165) is 31.2 Å². The molecule has 0 bridgehead atoms. The first-order valence-corrected chi connectivity index (χ1v) is 6.34.